The Balaban J connectivity index is 1.43. The number of rotatable bonds is 3. The third kappa shape index (κ3) is 3.20. The maximum absolute atomic E-state index is 12.7. The molecule has 1 N–H and O–H groups in total. The van der Waals surface area contributed by atoms with Gasteiger partial charge in [-0.15, -0.1) is 0 Å². The van der Waals surface area contributed by atoms with E-state index in [1.807, 2.05) is 60.7 Å². The van der Waals surface area contributed by atoms with Crippen LogP contribution in [0.25, 0.3) is 6.08 Å². The first-order chi connectivity index (χ1) is 12.6. The zero-order valence-electron chi connectivity index (χ0n) is 14.5. The van der Waals surface area contributed by atoms with Gasteiger partial charge in [0.2, 0.25) is 5.91 Å². The van der Waals surface area contributed by atoms with Gasteiger partial charge in [0.05, 0.1) is 11.6 Å². The fourth-order valence-corrected chi connectivity index (χ4v) is 3.19. The molecule has 1 aliphatic carbocycles. The number of benzene rings is 2. The van der Waals surface area contributed by atoms with E-state index in [0.29, 0.717) is 11.4 Å². The largest absolute Gasteiger partial charge is 0.489 e. The van der Waals surface area contributed by atoms with Crippen molar-refractivity contribution in [1.29, 1.82) is 0 Å². The molecule has 1 heterocycles. The van der Waals surface area contributed by atoms with Gasteiger partial charge in [0, 0.05) is 7.05 Å². The molecule has 2 aliphatic rings. The molecule has 4 rings (SSSR count). The number of hydrogen-bond acceptors (Lipinski definition) is 3. The van der Waals surface area contributed by atoms with Gasteiger partial charge in [-0.1, -0.05) is 54.1 Å². The van der Waals surface area contributed by atoms with Crippen LogP contribution in [0.4, 0.5) is 5.69 Å². The number of carbonyl (C=O) groups excluding carboxylic acids is 2. The number of para-hydroxylation sites is 2. The molecular weight excluding hydrogens is 328 g/mol. The third-order valence-electron chi connectivity index (χ3n) is 4.77. The fraction of sp³-hybridized carbons (Fsp3) is 0.238. The topological polar surface area (TPSA) is 58.6 Å². The second-order valence-corrected chi connectivity index (χ2v) is 6.62. The molecule has 5 heteroatoms. The summed E-state index contributed by atoms with van der Waals surface area (Å²) in [5.74, 6) is 0.209. The van der Waals surface area contributed by atoms with Crippen LogP contribution in [0.1, 0.15) is 12.0 Å². The minimum absolute atomic E-state index is 0.117. The predicted molar refractivity (Wildman–Crippen MR) is 99.8 cm³/mol. The second-order valence-electron chi connectivity index (χ2n) is 6.62. The van der Waals surface area contributed by atoms with Gasteiger partial charge in [-0.2, -0.15) is 0 Å². The van der Waals surface area contributed by atoms with Crippen molar-refractivity contribution < 1.29 is 14.3 Å². The van der Waals surface area contributed by atoms with Crippen molar-refractivity contribution in [3.05, 3.63) is 65.7 Å². The standard InChI is InChI=1S/C21H20N2O3/c1-23-18-9-5-6-10-19(18)26-13-17(21(23)25)22-20(24)16-12-15(16)11-14-7-3-2-4-8-14/h2-11,16-17H,12-13H2,1H3,(H,22,24)/b15-11+/t16?,17-/m0/s1. The molecule has 1 aliphatic heterocycles. The number of ether oxygens (including phenoxy) is 1. The van der Waals surface area contributed by atoms with Crippen LogP contribution >= 0.6 is 0 Å². The Hall–Kier alpha value is -3.08. The molecular formula is C21H20N2O3. The highest BCUT2D eigenvalue weighted by Gasteiger charge is 2.39. The molecule has 2 atom stereocenters. The van der Waals surface area contributed by atoms with E-state index < -0.39 is 6.04 Å². The number of nitrogens with one attached hydrogen (secondary N) is 1. The Morgan fingerprint density at radius 2 is 1.88 bits per heavy atom. The van der Waals surface area contributed by atoms with Crippen molar-refractivity contribution in [1.82, 2.24) is 5.32 Å². The smallest absolute Gasteiger partial charge is 0.252 e. The Bertz CT molecular complexity index is 876. The van der Waals surface area contributed by atoms with Crippen LogP contribution in [-0.2, 0) is 9.59 Å². The van der Waals surface area contributed by atoms with E-state index in [0.717, 1.165) is 17.6 Å². The highest BCUT2D eigenvalue weighted by atomic mass is 16.5. The van der Waals surface area contributed by atoms with E-state index in [-0.39, 0.29) is 24.3 Å². The second kappa shape index (κ2) is 6.67. The Kier molecular flexibility index (Phi) is 4.21. The van der Waals surface area contributed by atoms with Gasteiger partial charge >= 0.3 is 0 Å². The zero-order valence-corrected chi connectivity index (χ0v) is 14.5. The van der Waals surface area contributed by atoms with E-state index in [4.69, 9.17) is 4.74 Å². The molecule has 0 spiro atoms. The SMILES string of the molecule is CN1C(=O)[C@@H](NC(=O)C2C/C2=C\c2ccccc2)COc2ccccc21. The summed E-state index contributed by atoms with van der Waals surface area (Å²) >= 11 is 0. The van der Waals surface area contributed by atoms with Crippen molar-refractivity contribution in [2.45, 2.75) is 12.5 Å². The summed E-state index contributed by atoms with van der Waals surface area (Å²) in [6.45, 7) is 0.135. The van der Waals surface area contributed by atoms with Crippen LogP contribution in [-0.4, -0.2) is 31.5 Å². The highest BCUT2D eigenvalue weighted by molar-refractivity contribution is 6.01. The fourth-order valence-electron chi connectivity index (χ4n) is 3.19. The van der Waals surface area contributed by atoms with Crippen molar-refractivity contribution in [3.8, 4) is 5.75 Å². The molecule has 2 amide bonds. The van der Waals surface area contributed by atoms with Crippen LogP contribution < -0.4 is 15.0 Å². The molecule has 0 aromatic heterocycles. The number of fused-ring (bicyclic) bond motifs is 1. The minimum atomic E-state index is -0.682. The van der Waals surface area contributed by atoms with Crippen molar-refractivity contribution in [2.75, 3.05) is 18.6 Å². The summed E-state index contributed by atoms with van der Waals surface area (Å²) in [5.41, 5.74) is 2.89. The first-order valence-electron chi connectivity index (χ1n) is 8.69. The summed E-state index contributed by atoms with van der Waals surface area (Å²) < 4.78 is 5.73. The van der Waals surface area contributed by atoms with E-state index in [1.165, 1.54) is 0 Å². The van der Waals surface area contributed by atoms with Gasteiger partial charge in [-0.25, -0.2) is 0 Å². The monoisotopic (exact) mass is 348 g/mol. The number of likely N-dealkylation sites (N-methyl/N-ethyl adjacent to an activating group) is 1. The Labute approximate surface area is 152 Å². The van der Waals surface area contributed by atoms with Gasteiger partial charge in [-0.3, -0.25) is 9.59 Å². The molecule has 2 aromatic carbocycles. The van der Waals surface area contributed by atoms with Crippen LogP contribution in [0.3, 0.4) is 0 Å². The lowest BCUT2D eigenvalue weighted by Crippen LogP contribution is -2.49. The average molecular weight is 348 g/mol. The number of amides is 2. The predicted octanol–water partition coefficient (Wildman–Crippen LogP) is 2.63. The molecule has 0 radical (unpaired) electrons. The van der Waals surface area contributed by atoms with Crippen LogP contribution in [0.15, 0.2) is 60.2 Å². The van der Waals surface area contributed by atoms with Gasteiger partial charge in [0.1, 0.15) is 18.4 Å². The molecule has 1 saturated carbocycles. The summed E-state index contributed by atoms with van der Waals surface area (Å²) in [6.07, 6.45) is 2.77. The van der Waals surface area contributed by atoms with Crippen molar-refractivity contribution >= 4 is 23.6 Å². The normalized spacial score (nSPS) is 23.0. The van der Waals surface area contributed by atoms with Crippen molar-refractivity contribution in [2.24, 2.45) is 5.92 Å². The first-order valence-corrected chi connectivity index (χ1v) is 8.69. The molecule has 1 fully saturated rings. The molecule has 26 heavy (non-hydrogen) atoms. The summed E-state index contributed by atoms with van der Waals surface area (Å²) in [6, 6.07) is 16.6. The molecule has 132 valence electrons. The number of nitrogens with zero attached hydrogens (tertiary/aromatic N) is 1. The van der Waals surface area contributed by atoms with Gasteiger partial charge in [-0.05, 0) is 24.1 Å². The van der Waals surface area contributed by atoms with Crippen LogP contribution in [0.5, 0.6) is 5.75 Å². The van der Waals surface area contributed by atoms with E-state index in [9.17, 15) is 9.59 Å². The van der Waals surface area contributed by atoms with Crippen LogP contribution in [0, 0.1) is 5.92 Å². The van der Waals surface area contributed by atoms with Gasteiger partial charge in [0.25, 0.3) is 5.91 Å². The molecule has 0 bridgehead atoms. The Morgan fingerprint density at radius 3 is 2.69 bits per heavy atom. The van der Waals surface area contributed by atoms with Crippen molar-refractivity contribution in [3.63, 3.8) is 0 Å². The lowest BCUT2D eigenvalue weighted by molar-refractivity contribution is -0.128. The van der Waals surface area contributed by atoms with E-state index >= 15 is 0 Å². The summed E-state index contributed by atoms with van der Waals surface area (Å²) in [7, 11) is 1.70. The zero-order chi connectivity index (χ0) is 18.1. The Morgan fingerprint density at radius 1 is 1.15 bits per heavy atom. The number of hydrogen-bond donors (Lipinski definition) is 1. The minimum Gasteiger partial charge on any atom is -0.489 e. The lowest BCUT2D eigenvalue weighted by atomic mass is 10.2. The highest BCUT2D eigenvalue weighted by Crippen LogP contribution is 2.39. The molecule has 5 nitrogen and oxygen atoms in total. The van der Waals surface area contributed by atoms with Gasteiger partial charge in [0.15, 0.2) is 0 Å². The first kappa shape index (κ1) is 16.4. The van der Waals surface area contributed by atoms with Gasteiger partial charge < -0.3 is 15.0 Å². The van der Waals surface area contributed by atoms with E-state index in [2.05, 4.69) is 5.32 Å². The van der Waals surface area contributed by atoms with Crippen LogP contribution in [0.2, 0.25) is 0 Å². The summed E-state index contributed by atoms with van der Waals surface area (Å²) in [5, 5.41) is 2.86. The lowest BCUT2D eigenvalue weighted by Gasteiger charge is -2.20. The number of carbonyl (C=O) groups is 2. The van der Waals surface area contributed by atoms with E-state index in [1.54, 1.807) is 11.9 Å². The molecule has 0 saturated heterocycles. The summed E-state index contributed by atoms with van der Waals surface area (Å²) in [4.78, 5) is 26.8. The quantitative estimate of drug-likeness (QED) is 0.928. The number of anilines is 1. The average Bonchev–Trinajstić information content (AvgIpc) is 3.44. The molecule has 2 aromatic rings. The molecule has 1 unspecified atom stereocenters. The third-order valence-corrected chi connectivity index (χ3v) is 4.77. The maximum atomic E-state index is 12.7. The maximum Gasteiger partial charge on any atom is 0.252 e.